The van der Waals surface area contributed by atoms with Gasteiger partial charge in [-0.15, -0.1) is 0 Å². The molecule has 0 amide bonds. The van der Waals surface area contributed by atoms with Crippen LogP contribution in [-0.2, 0) is 11.2 Å². The monoisotopic (exact) mass is 342 g/mol. The highest BCUT2D eigenvalue weighted by Crippen LogP contribution is 2.64. The maximum absolute atomic E-state index is 11.4. The van der Waals surface area contributed by atoms with Gasteiger partial charge in [0.15, 0.2) is 11.5 Å². The summed E-state index contributed by atoms with van der Waals surface area (Å²) in [6.07, 6.45) is 8.32. The van der Waals surface area contributed by atoms with Crippen molar-refractivity contribution in [3.05, 3.63) is 23.3 Å². The number of phenolic OH excluding ortho intramolecular Hbond substituents is 1. The third-order valence-electron chi connectivity index (χ3n) is 7.95. The number of fused-ring (bicyclic) bond motifs is 5. The molecule has 25 heavy (non-hydrogen) atoms. The molecule has 2 fully saturated rings. The van der Waals surface area contributed by atoms with E-state index in [4.69, 9.17) is 4.74 Å². The molecular formula is C22H30O3. The summed E-state index contributed by atoms with van der Waals surface area (Å²) in [4.78, 5) is 11.4. The van der Waals surface area contributed by atoms with Crippen molar-refractivity contribution in [2.45, 2.75) is 58.3 Å². The molecule has 3 nitrogen and oxygen atoms in total. The van der Waals surface area contributed by atoms with Crippen LogP contribution in [0, 0.1) is 29.1 Å². The molecule has 0 spiro atoms. The molecule has 0 aromatic heterocycles. The molecule has 0 radical (unpaired) electrons. The zero-order valence-corrected chi connectivity index (χ0v) is 15.6. The number of aromatic hydroxyl groups is 1. The summed E-state index contributed by atoms with van der Waals surface area (Å²) in [6, 6.07) is 4.01. The van der Waals surface area contributed by atoms with Gasteiger partial charge in [-0.05, 0) is 90.9 Å². The van der Waals surface area contributed by atoms with Crippen molar-refractivity contribution in [2.75, 3.05) is 7.11 Å². The van der Waals surface area contributed by atoms with E-state index in [-0.39, 0.29) is 11.7 Å². The predicted molar refractivity (Wildman–Crippen MR) is 98.0 cm³/mol. The first-order valence-electron chi connectivity index (χ1n) is 9.84. The largest absolute Gasteiger partial charge is 0.504 e. The summed E-state index contributed by atoms with van der Waals surface area (Å²) in [6.45, 7) is 4.57. The van der Waals surface area contributed by atoms with Crippen molar-refractivity contribution in [2.24, 2.45) is 29.1 Å². The van der Waals surface area contributed by atoms with E-state index >= 15 is 0 Å². The molecule has 1 aromatic carbocycles. The first kappa shape index (κ1) is 16.9. The van der Waals surface area contributed by atoms with E-state index in [1.165, 1.54) is 49.5 Å². The van der Waals surface area contributed by atoms with Gasteiger partial charge in [0.25, 0.3) is 0 Å². The number of phenols is 1. The molecule has 0 unspecified atom stereocenters. The predicted octanol–water partition coefficient (Wildman–Crippen LogP) is 4.71. The molecule has 6 atom stereocenters. The SMILES string of the molecule is COc1cc2c(cc1O)CC[C@@H]1[C@@H]2CC[C@]2(C)[C@@H]([C@H](C)C=O)CC[C@@H]12. The quantitative estimate of drug-likeness (QED) is 0.809. The van der Waals surface area contributed by atoms with Crippen LogP contribution in [0.1, 0.15) is 63.0 Å². The summed E-state index contributed by atoms with van der Waals surface area (Å²) in [5.41, 5.74) is 3.03. The van der Waals surface area contributed by atoms with Crippen molar-refractivity contribution >= 4 is 6.29 Å². The number of rotatable bonds is 3. The van der Waals surface area contributed by atoms with Crippen LogP contribution in [-0.4, -0.2) is 18.5 Å². The first-order valence-corrected chi connectivity index (χ1v) is 9.84. The van der Waals surface area contributed by atoms with Gasteiger partial charge in [-0.2, -0.15) is 0 Å². The van der Waals surface area contributed by atoms with Crippen LogP contribution in [0.2, 0.25) is 0 Å². The van der Waals surface area contributed by atoms with Gasteiger partial charge in [0.2, 0.25) is 0 Å². The lowest BCUT2D eigenvalue weighted by molar-refractivity contribution is -0.114. The Kier molecular flexibility index (Phi) is 4.09. The Bertz CT molecular complexity index is 682. The van der Waals surface area contributed by atoms with Crippen LogP contribution < -0.4 is 4.74 Å². The lowest BCUT2D eigenvalue weighted by atomic mass is 9.53. The molecule has 0 saturated heterocycles. The Balaban J connectivity index is 1.67. The maximum atomic E-state index is 11.4. The van der Waals surface area contributed by atoms with E-state index in [0.29, 0.717) is 28.9 Å². The number of hydrogen-bond donors (Lipinski definition) is 1. The second-order valence-electron chi connectivity index (χ2n) is 8.86. The molecule has 3 aliphatic rings. The van der Waals surface area contributed by atoms with Crippen LogP contribution in [0.5, 0.6) is 11.5 Å². The normalized spacial score (nSPS) is 37.6. The second-order valence-corrected chi connectivity index (χ2v) is 8.86. The number of aldehydes is 1. The Morgan fingerprint density at radius 2 is 2.08 bits per heavy atom. The molecule has 0 bridgehead atoms. The fourth-order valence-electron chi connectivity index (χ4n) is 6.75. The van der Waals surface area contributed by atoms with Crippen molar-refractivity contribution < 1.29 is 14.6 Å². The standard InChI is InChI=1S/C22H30O3/c1-13(12-23)18-6-7-19-16-5-4-14-10-20(24)21(25-3)11-17(14)15(16)8-9-22(18,19)2/h10-13,15-16,18-19,24H,4-9H2,1-3H3/t13-,15+,16-,18-,19+,22-/m1/s1. The molecular weight excluding hydrogens is 312 g/mol. The van der Waals surface area contributed by atoms with E-state index in [2.05, 4.69) is 19.9 Å². The number of benzene rings is 1. The van der Waals surface area contributed by atoms with Gasteiger partial charge >= 0.3 is 0 Å². The number of methoxy groups -OCH3 is 1. The van der Waals surface area contributed by atoms with Gasteiger partial charge in [-0.3, -0.25) is 0 Å². The van der Waals surface area contributed by atoms with Crippen molar-refractivity contribution in [3.63, 3.8) is 0 Å². The lowest BCUT2D eigenvalue weighted by Crippen LogP contribution is -2.43. The third kappa shape index (κ3) is 2.42. The van der Waals surface area contributed by atoms with Gasteiger partial charge in [-0.1, -0.05) is 13.8 Å². The zero-order chi connectivity index (χ0) is 17.8. The van der Waals surface area contributed by atoms with Gasteiger partial charge < -0.3 is 14.6 Å². The Morgan fingerprint density at radius 3 is 2.80 bits per heavy atom. The van der Waals surface area contributed by atoms with E-state index in [0.717, 1.165) is 12.3 Å². The average molecular weight is 342 g/mol. The van der Waals surface area contributed by atoms with Crippen LogP contribution in [0.15, 0.2) is 12.1 Å². The molecule has 3 aliphatic carbocycles. The van der Waals surface area contributed by atoms with Gasteiger partial charge in [0, 0.05) is 5.92 Å². The second kappa shape index (κ2) is 6.03. The van der Waals surface area contributed by atoms with Crippen molar-refractivity contribution in [3.8, 4) is 11.5 Å². The summed E-state index contributed by atoms with van der Waals surface area (Å²) < 4.78 is 5.37. The fourth-order valence-corrected chi connectivity index (χ4v) is 6.75. The fraction of sp³-hybridized carbons (Fsp3) is 0.682. The zero-order valence-electron chi connectivity index (χ0n) is 15.6. The van der Waals surface area contributed by atoms with E-state index < -0.39 is 0 Å². The summed E-state index contributed by atoms with van der Waals surface area (Å²) in [5.74, 6) is 3.62. The molecule has 1 aromatic rings. The highest BCUT2D eigenvalue weighted by Gasteiger charge is 2.55. The van der Waals surface area contributed by atoms with Gasteiger partial charge in [0.1, 0.15) is 6.29 Å². The minimum atomic E-state index is 0.180. The number of hydrogen-bond acceptors (Lipinski definition) is 3. The van der Waals surface area contributed by atoms with Crippen LogP contribution >= 0.6 is 0 Å². The minimum absolute atomic E-state index is 0.180. The first-order chi connectivity index (χ1) is 12.0. The summed E-state index contributed by atoms with van der Waals surface area (Å²) >= 11 is 0. The molecule has 4 rings (SSSR count). The molecule has 0 heterocycles. The Hall–Kier alpha value is -1.51. The highest BCUT2D eigenvalue weighted by atomic mass is 16.5. The number of ether oxygens (including phenoxy) is 1. The van der Waals surface area contributed by atoms with E-state index in [9.17, 15) is 9.90 Å². The number of carbonyl (C=O) groups excluding carboxylic acids is 1. The molecule has 1 N–H and O–H groups in total. The smallest absolute Gasteiger partial charge is 0.160 e. The van der Waals surface area contributed by atoms with Gasteiger partial charge in [0.05, 0.1) is 7.11 Å². The average Bonchev–Trinajstić information content (AvgIpc) is 2.97. The van der Waals surface area contributed by atoms with Crippen LogP contribution in [0.25, 0.3) is 0 Å². The van der Waals surface area contributed by atoms with E-state index in [1.807, 2.05) is 6.07 Å². The van der Waals surface area contributed by atoms with E-state index in [1.54, 1.807) is 7.11 Å². The topological polar surface area (TPSA) is 46.5 Å². The van der Waals surface area contributed by atoms with Crippen LogP contribution in [0.3, 0.4) is 0 Å². The molecule has 0 aliphatic heterocycles. The lowest BCUT2D eigenvalue weighted by Gasteiger charge is -2.51. The highest BCUT2D eigenvalue weighted by molar-refractivity contribution is 5.54. The molecule has 136 valence electrons. The summed E-state index contributed by atoms with van der Waals surface area (Å²) in [5, 5.41) is 10.1. The molecule has 2 saturated carbocycles. The summed E-state index contributed by atoms with van der Waals surface area (Å²) in [7, 11) is 1.63. The Morgan fingerprint density at radius 1 is 1.28 bits per heavy atom. The van der Waals surface area contributed by atoms with Crippen molar-refractivity contribution in [1.82, 2.24) is 0 Å². The minimum Gasteiger partial charge on any atom is -0.504 e. The third-order valence-corrected chi connectivity index (χ3v) is 7.95. The molecule has 3 heteroatoms. The number of carbonyl (C=O) groups is 1. The van der Waals surface area contributed by atoms with Crippen molar-refractivity contribution in [1.29, 1.82) is 0 Å². The van der Waals surface area contributed by atoms with Crippen LogP contribution in [0.4, 0.5) is 0 Å². The maximum Gasteiger partial charge on any atom is 0.160 e. The number of aryl methyl sites for hydroxylation is 1. The Labute approximate surface area is 150 Å². The van der Waals surface area contributed by atoms with Gasteiger partial charge in [-0.25, -0.2) is 0 Å².